The number of esters is 1. The smallest absolute Gasteiger partial charge is 0.419 e. The molecule has 20 heavy (non-hydrogen) atoms. The van der Waals surface area contributed by atoms with E-state index in [-0.39, 0.29) is 0 Å². The van der Waals surface area contributed by atoms with Gasteiger partial charge in [0.25, 0.3) is 0 Å². The van der Waals surface area contributed by atoms with Gasteiger partial charge in [-0.1, -0.05) is 6.07 Å². The summed E-state index contributed by atoms with van der Waals surface area (Å²) in [6.45, 7) is 0. The van der Waals surface area contributed by atoms with Gasteiger partial charge in [-0.15, -0.1) is 0 Å². The van der Waals surface area contributed by atoms with Crippen LogP contribution in [-0.2, 0) is 11.0 Å². The number of primary amides is 1. The van der Waals surface area contributed by atoms with Crippen molar-refractivity contribution in [3.05, 3.63) is 29.3 Å². The molecule has 0 saturated heterocycles. The summed E-state index contributed by atoms with van der Waals surface area (Å²) >= 11 is 0. The zero-order chi connectivity index (χ0) is 15.7. The molecule has 110 valence electrons. The van der Waals surface area contributed by atoms with E-state index in [0.29, 0.717) is 12.1 Å². The first-order valence-electron chi connectivity index (χ1n) is 4.73. The van der Waals surface area contributed by atoms with Crippen LogP contribution in [0, 0.1) is 0 Å². The highest BCUT2D eigenvalue weighted by atomic mass is 19.4. The van der Waals surface area contributed by atoms with Crippen molar-refractivity contribution in [2.24, 2.45) is 5.73 Å². The lowest BCUT2D eigenvalue weighted by Crippen LogP contribution is -2.29. The Labute approximate surface area is 107 Å². The van der Waals surface area contributed by atoms with E-state index in [1.165, 1.54) is 0 Å². The number of carbonyl (C=O) groups excluding carboxylic acids is 2. The fourth-order valence-corrected chi connectivity index (χ4v) is 1.27. The number of hydrogen-bond acceptors (Lipinski definition) is 3. The van der Waals surface area contributed by atoms with Crippen molar-refractivity contribution in [3.8, 4) is 5.75 Å². The average Bonchev–Trinajstić information content (AvgIpc) is 2.25. The molecule has 0 bridgehead atoms. The molecule has 0 fully saturated rings. The molecule has 0 unspecified atom stereocenters. The first-order chi connectivity index (χ1) is 8.94. The number of benzene rings is 1. The van der Waals surface area contributed by atoms with Gasteiger partial charge >= 0.3 is 18.3 Å². The number of carbonyl (C=O) groups is 2. The molecule has 4 nitrogen and oxygen atoms in total. The Balaban J connectivity index is 3.38. The van der Waals surface area contributed by atoms with Crippen LogP contribution in [-0.4, -0.2) is 18.1 Å². The number of rotatable bonds is 2. The zero-order valence-electron chi connectivity index (χ0n) is 9.30. The summed E-state index contributed by atoms with van der Waals surface area (Å²) in [5.41, 5.74) is 1.75. The van der Waals surface area contributed by atoms with E-state index in [2.05, 4.69) is 4.74 Å². The fourth-order valence-electron chi connectivity index (χ4n) is 1.27. The zero-order valence-corrected chi connectivity index (χ0v) is 9.30. The summed E-state index contributed by atoms with van der Waals surface area (Å²) in [4.78, 5) is 21.4. The normalized spacial score (nSPS) is 12.1. The summed E-state index contributed by atoms with van der Waals surface area (Å²) in [5.74, 6) is -5.82. The Hall–Kier alpha value is -2.26. The summed E-state index contributed by atoms with van der Waals surface area (Å²) in [6, 6.07) is 1.92. The molecular weight excluding hydrogens is 296 g/mol. The summed E-state index contributed by atoms with van der Waals surface area (Å²) in [7, 11) is 0. The molecule has 1 rings (SSSR count). The van der Waals surface area contributed by atoms with Gasteiger partial charge in [0.2, 0.25) is 5.91 Å². The third-order valence-electron chi connectivity index (χ3n) is 2.01. The van der Waals surface area contributed by atoms with Crippen molar-refractivity contribution < 1.29 is 40.7 Å². The van der Waals surface area contributed by atoms with Crippen LogP contribution in [0.15, 0.2) is 18.2 Å². The van der Waals surface area contributed by atoms with Crippen molar-refractivity contribution in [3.63, 3.8) is 0 Å². The Morgan fingerprint density at radius 2 is 1.60 bits per heavy atom. The molecular formula is C10H5F6NO3. The van der Waals surface area contributed by atoms with Gasteiger partial charge in [0.15, 0.2) is 0 Å². The van der Waals surface area contributed by atoms with Crippen molar-refractivity contribution in [2.45, 2.75) is 12.4 Å². The molecule has 0 atom stereocenters. The molecule has 10 heteroatoms. The van der Waals surface area contributed by atoms with Gasteiger partial charge in [-0.2, -0.15) is 26.3 Å². The highest BCUT2D eigenvalue weighted by molar-refractivity contribution is 5.95. The molecule has 0 spiro atoms. The number of nitrogens with two attached hydrogens (primary N) is 1. The molecule has 1 amide bonds. The summed E-state index contributed by atoms with van der Waals surface area (Å²) in [6.07, 6.45) is -10.7. The highest BCUT2D eigenvalue weighted by Gasteiger charge is 2.44. The third kappa shape index (κ3) is 3.39. The molecule has 2 N–H and O–H groups in total. The largest absolute Gasteiger partial charge is 0.491 e. The van der Waals surface area contributed by atoms with Crippen LogP contribution in [0.4, 0.5) is 26.3 Å². The molecule has 1 aromatic carbocycles. The fraction of sp³-hybridized carbons (Fsp3) is 0.200. The summed E-state index contributed by atoms with van der Waals surface area (Å²) in [5, 5.41) is 0. The third-order valence-corrected chi connectivity index (χ3v) is 2.01. The van der Waals surface area contributed by atoms with E-state index in [9.17, 15) is 35.9 Å². The Bertz CT molecular complexity index is 549. The minimum atomic E-state index is -5.48. The lowest BCUT2D eigenvalue weighted by molar-refractivity contribution is -0.190. The second-order valence-electron chi connectivity index (χ2n) is 3.43. The van der Waals surface area contributed by atoms with Crippen molar-refractivity contribution in [2.75, 3.05) is 0 Å². The number of ether oxygens (including phenoxy) is 1. The van der Waals surface area contributed by atoms with Crippen LogP contribution in [0.25, 0.3) is 0 Å². The van der Waals surface area contributed by atoms with Gasteiger partial charge in [0.1, 0.15) is 11.3 Å². The predicted octanol–water partition coefficient (Wildman–Crippen LogP) is 2.27. The minimum absolute atomic E-state index is 0.471. The molecule has 0 aromatic heterocycles. The monoisotopic (exact) mass is 301 g/mol. The lowest BCUT2D eigenvalue weighted by atomic mass is 10.1. The molecule has 1 aromatic rings. The molecule has 0 radical (unpaired) electrons. The van der Waals surface area contributed by atoms with Crippen molar-refractivity contribution >= 4 is 11.9 Å². The second-order valence-corrected chi connectivity index (χ2v) is 3.43. The Morgan fingerprint density at radius 3 is 2.00 bits per heavy atom. The maximum atomic E-state index is 12.7. The SMILES string of the molecule is NC(=O)c1cccc(OC(=O)C(F)(F)F)c1C(F)(F)F. The highest BCUT2D eigenvalue weighted by Crippen LogP contribution is 2.39. The molecule has 0 aliphatic rings. The minimum Gasteiger partial charge on any atom is -0.419 e. The average molecular weight is 301 g/mol. The topological polar surface area (TPSA) is 69.4 Å². The van der Waals surface area contributed by atoms with Crippen molar-refractivity contribution in [1.82, 2.24) is 0 Å². The quantitative estimate of drug-likeness (QED) is 0.517. The predicted molar refractivity (Wildman–Crippen MR) is 51.7 cm³/mol. The van der Waals surface area contributed by atoms with Gasteiger partial charge in [-0.05, 0) is 12.1 Å². The number of amides is 1. The number of alkyl halides is 6. The van der Waals surface area contributed by atoms with E-state index in [0.717, 1.165) is 6.07 Å². The first-order valence-corrected chi connectivity index (χ1v) is 4.73. The van der Waals surface area contributed by atoms with Crippen LogP contribution in [0.3, 0.4) is 0 Å². The van der Waals surface area contributed by atoms with E-state index in [1.54, 1.807) is 0 Å². The number of hydrogen-bond donors (Lipinski definition) is 1. The van der Waals surface area contributed by atoms with Gasteiger partial charge < -0.3 is 10.5 Å². The standard InChI is InChI=1S/C10H5F6NO3/c11-9(12,13)6-4(7(17)18)2-1-3-5(6)20-8(19)10(14,15)16/h1-3H,(H2,17,18). The van der Waals surface area contributed by atoms with Crippen LogP contribution in [0.2, 0.25) is 0 Å². The Morgan fingerprint density at radius 1 is 1.05 bits per heavy atom. The maximum absolute atomic E-state index is 12.7. The van der Waals surface area contributed by atoms with E-state index in [1.807, 2.05) is 0 Å². The van der Waals surface area contributed by atoms with Crippen LogP contribution >= 0.6 is 0 Å². The lowest BCUT2D eigenvalue weighted by Gasteiger charge is -2.16. The molecule has 0 aliphatic heterocycles. The van der Waals surface area contributed by atoms with Crippen LogP contribution < -0.4 is 10.5 Å². The molecule has 0 heterocycles. The van der Waals surface area contributed by atoms with E-state index in [4.69, 9.17) is 5.73 Å². The van der Waals surface area contributed by atoms with Gasteiger partial charge in [0, 0.05) is 0 Å². The van der Waals surface area contributed by atoms with Gasteiger partial charge in [-0.3, -0.25) is 4.79 Å². The number of halogens is 6. The van der Waals surface area contributed by atoms with Crippen molar-refractivity contribution in [1.29, 1.82) is 0 Å². The maximum Gasteiger partial charge on any atom is 0.491 e. The van der Waals surface area contributed by atoms with Gasteiger partial charge in [-0.25, -0.2) is 4.79 Å². The van der Waals surface area contributed by atoms with Crippen LogP contribution in [0.1, 0.15) is 15.9 Å². The van der Waals surface area contributed by atoms with E-state index < -0.39 is 41.1 Å². The van der Waals surface area contributed by atoms with Gasteiger partial charge in [0.05, 0.1) is 5.56 Å². The summed E-state index contributed by atoms with van der Waals surface area (Å²) < 4.78 is 77.8. The first kappa shape index (κ1) is 15.8. The molecule has 0 aliphatic carbocycles. The Kier molecular flexibility index (Phi) is 3.97. The van der Waals surface area contributed by atoms with Crippen LogP contribution in [0.5, 0.6) is 5.75 Å². The second kappa shape index (κ2) is 5.02. The molecule has 0 saturated carbocycles. The van der Waals surface area contributed by atoms with E-state index >= 15 is 0 Å².